The van der Waals surface area contributed by atoms with Crippen molar-refractivity contribution < 1.29 is 14.6 Å². The zero-order valence-electron chi connectivity index (χ0n) is 17.4. The molecule has 1 aromatic rings. The quantitative estimate of drug-likeness (QED) is 0.271. The SMILES string of the molecule is CCNC(=NCc1cccc(OC)c1OC)NCC1(CCO)CCCCC1.I. The topological polar surface area (TPSA) is 75.1 Å². The summed E-state index contributed by atoms with van der Waals surface area (Å²) in [5.41, 5.74) is 1.16. The lowest BCUT2D eigenvalue weighted by Crippen LogP contribution is -2.44. The van der Waals surface area contributed by atoms with Gasteiger partial charge < -0.3 is 25.2 Å². The van der Waals surface area contributed by atoms with Crippen LogP contribution in [0.4, 0.5) is 0 Å². The smallest absolute Gasteiger partial charge is 0.191 e. The van der Waals surface area contributed by atoms with Crippen LogP contribution in [0.15, 0.2) is 23.2 Å². The van der Waals surface area contributed by atoms with Gasteiger partial charge in [0.1, 0.15) is 0 Å². The molecule has 28 heavy (non-hydrogen) atoms. The number of hydrogen-bond donors (Lipinski definition) is 3. The number of guanidine groups is 1. The Hall–Kier alpha value is -1.22. The number of para-hydroxylation sites is 1. The molecule has 7 heteroatoms. The second-order valence-corrected chi connectivity index (χ2v) is 7.24. The van der Waals surface area contributed by atoms with Crippen LogP contribution in [-0.4, -0.2) is 45.0 Å². The van der Waals surface area contributed by atoms with Crippen molar-refractivity contribution in [2.45, 2.75) is 52.0 Å². The number of hydrogen-bond acceptors (Lipinski definition) is 4. The summed E-state index contributed by atoms with van der Waals surface area (Å²) in [6.45, 7) is 4.45. The first-order chi connectivity index (χ1) is 13.2. The molecule has 6 nitrogen and oxygen atoms in total. The number of nitrogens with one attached hydrogen (secondary N) is 2. The van der Waals surface area contributed by atoms with E-state index in [0.717, 1.165) is 36.8 Å². The molecule has 0 aliphatic heterocycles. The Morgan fingerprint density at radius 1 is 1.14 bits per heavy atom. The zero-order valence-corrected chi connectivity index (χ0v) is 19.8. The Kier molecular flexibility index (Phi) is 11.6. The van der Waals surface area contributed by atoms with E-state index < -0.39 is 0 Å². The minimum Gasteiger partial charge on any atom is -0.493 e. The predicted octanol–water partition coefficient (Wildman–Crippen LogP) is 3.71. The molecule has 1 fully saturated rings. The van der Waals surface area contributed by atoms with Crippen molar-refractivity contribution >= 4 is 29.9 Å². The molecule has 1 aliphatic rings. The molecular weight excluding hydrogens is 469 g/mol. The van der Waals surface area contributed by atoms with Crippen molar-refractivity contribution in [3.8, 4) is 11.5 Å². The molecule has 1 aromatic carbocycles. The van der Waals surface area contributed by atoms with Gasteiger partial charge in [-0.05, 0) is 37.7 Å². The highest BCUT2D eigenvalue weighted by Gasteiger charge is 2.31. The maximum absolute atomic E-state index is 9.51. The Labute approximate surface area is 186 Å². The van der Waals surface area contributed by atoms with E-state index in [9.17, 15) is 5.11 Å². The Balaban J connectivity index is 0.00000392. The van der Waals surface area contributed by atoms with Crippen LogP contribution in [0.3, 0.4) is 0 Å². The van der Waals surface area contributed by atoms with E-state index in [1.54, 1.807) is 14.2 Å². The standard InChI is InChI=1S/C21H35N3O3.HI/c1-4-22-20(24-16-21(13-14-25)11-6-5-7-12-21)23-15-17-9-8-10-18(26-2)19(17)27-3;/h8-10,25H,4-7,11-16H2,1-3H3,(H2,22,23,24);1H. The lowest BCUT2D eigenvalue weighted by Gasteiger charge is -2.37. The van der Waals surface area contributed by atoms with Gasteiger partial charge in [0, 0.05) is 25.3 Å². The van der Waals surface area contributed by atoms with Gasteiger partial charge in [0.2, 0.25) is 0 Å². The molecule has 0 atom stereocenters. The van der Waals surface area contributed by atoms with E-state index in [2.05, 4.69) is 17.6 Å². The number of aliphatic imine (C=N–C) groups is 1. The number of aliphatic hydroxyl groups is 1. The third-order valence-corrected chi connectivity index (χ3v) is 5.42. The van der Waals surface area contributed by atoms with Crippen LogP contribution in [0.2, 0.25) is 0 Å². The molecule has 0 aromatic heterocycles. The van der Waals surface area contributed by atoms with E-state index in [4.69, 9.17) is 14.5 Å². The fourth-order valence-corrected chi connectivity index (χ4v) is 3.91. The normalized spacial score (nSPS) is 16.1. The number of aliphatic hydroxyl groups excluding tert-OH is 1. The number of methoxy groups -OCH3 is 2. The van der Waals surface area contributed by atoms with E-state index >= 15 is 0 Å². The highest BCUT2D eigenvalue weighted by Crippen LogP contribution is 2.38. The average molecular weight is 505 g/mol. The average Bonchev–Trinajstić information content (AvgIpc) is 2.70. The molecule has 0 radical (unpaired) electrons. The lowest BCUT2D eigenvalue weighted by atomic mass is 9.72. The first-order valence-electron chi connectivity index (χ1n) is 10.0. The Morgan fingerprint density at radius 3 is 2.50 bits per heavy atom. The van der Waals surface area contributed by atoms with Crippen molar-refractivity contribution in [3.63, 3.8) is 0 Å². The van der Waals surface area contributed by atoms with Crippen LogP contribution in [0.1, 0.15) is 51.0 Å². The molecule has 160 valence electrons. The minimum absolute atomic E-state index is 0. The highest BCUT2D eigenvalue weighted by atomic mass is 127. The molecule has 2 rings (SSSR count). The summed E-state index contributed by atoms with van der Waals surface area (Å²) in [5.74, 6) is 2.24. The fraction of sp³-hybridized carbons (Fsp3) is 0.667. The van der Waals surface area contributed by atoms with Gasteiger partial charge in [-0.2, -0.15) is 0 Å². The number of benzene rings is 1. The Bertz CT molecular complexity index is 599. The molecule has 0 bridgehead atoms. The monoisotopic (exact) mass is 505 g/mol. The zero-order chi connectivity index (χ0) is 19.5. The van der Waals surface area contributed by atoms with Crippen LogP contribution in [0.25, 0.3) is 0 Å². The largest absolute Gasteiger partial charge is 0.493 e. The second kappa shape index (κ2) is 13.1. The van der Waals surface area contributed by atoms with Crippen molar-refractivity contribution in [2.75, 3.05) is 33.9 Å². The molecule has 3 N–H and O–H groups in total. The van der Waals surface area contributed by atoms with Gasteiger partial charge in [0.25, 0.3) is 0 Å². The fourth-order valence-electron chi connectivity index (χ4n) is 3.91. The molecule has 0 unspecified atom stereocenters. The molecule has 0 saturated heterocycles. The van der Waals surface area contributed by atoms with Gasteiger partial charge in [-0.1, -0.05) is 31.4 Å². The number of halogens is 1. The van der Waals surface area contributed by atoms with Gasteiger partial charge >= 0.3 is 0 Å². The van der Waals surface area contributed by atoms with Crippen LogP contribution in [0, 0.1) is 5.41 Å². The van der Waals surface area contributed by atoms with Gasteiger partial charge in [-0.25, -0.2) is 4.99 Å². The van der Waals surface area contributed by atoms with Gasteiger partial charge in [0.15, 0.2) is 17.5 Å². The van der Waals surface area contributed by atoms with Crippen LogP contribution in [-0.2, 0) is 6.54 Å². The van der Waals surface area contributed by atoms with Crippen molar-refractivity contribution in [2.24, 2.45) is 10.4 Å². The predicted molar refractivity (Wildman–Crippen MR) is 125 cm³/mol. The third-order valence-electron chi connectivity index (χ3n) is 5.42. The summed E-state index contributed by atoms with van der Waals surface area (Å²) >= 11 is 0. The third kappa shape index (κ3) is 6.99. The number of rotatable bonds is 9. The van der Waals surface area contributed by atoms with Crippen molar-refractivity contribution in [3.05, 3.63) is 23.8 Å². The summed E-state index contributed by atoms with van der Waals surface area (Å²) in [6.07, 6.45) is 6.99. The van der Waals surface area contributed by atoms with E-state index in [1.165, 1.54) is 32.1 Å². The summed E-state index contributed by atoms with van der Waals surface area (Å²) < 4.78 is 10.9. The molecular formula is C21H36IN3O3. The summed E-state index contributed by atoms with van der Waals surface area (Å²) in [6, 6.07) is 5.84. The molecule has 0 spiro atoms. The summed E-state index contributed by atoms with van der Waals surface area (Å²) in [5, 5.41) is 16.3. The molecule has 0 amide bonds. The van der Waals surface area contributed by atoms with Crippen LogP contribution >= 0.6 is 24.0 Å². The van der Waals surface area contributed by atoms with Crippen molar-refractivity contribution in [1.82, 2.24) is 10.6 Å². The van der Waals surface area contributed by atoms with E-state index in [0.29, 0.717) is 12.3 Å². The van der Waals surface area contributed by atoms with E-state index in [-0.39, 0.29) is 36.0 Å². The Morgan fingerprint density at radius 2 is 1.89 bits per heavy atom. The molecule has 1 aliphatic carbocycles. The maximum atomic E-state index is 9.51. The van der Waals surface area contributed by atoms with Crippen LogP contribution < -0.4 is 20.1 Å². The molecule has 0 heterocycles. The molecule has 1 saturated carbocycles. The van der Waals surface area contributed by atoms with Gasteiger partial charge in [0.05, 0.1) is 20.8 Å². The lowest BCUT2D eigenvalue weighted by molar-refractivity contribution is 0.131. The maximum Gasteiger partial charge on any atom is 0.191 e. The number of ether oxygens (including phenoxy) is 2. The van der Waals surface area contributed by atoms with E-state index in [1.807, 2.05) is 18.2 Å². The minimum atomic E-state index is 0. The van der Waals surface area contributed by atoms with Gasteiger partial charge in [-0.15, -0.1) is 24.0 Å². The van der Waals surface area contributed by atoms with Gasteiger partial charge in [-0.3, -0.25) is 0 Å². The first kappa shape index (κ1) is 24.8. The second-order valence-electron chi connectivity index (χ2n) is 7.24. The first-order valence-corrected chi connectivity index (χ1v) is 10.0. The van der Waals surface area contributed by atoms with Crippen molar-refractivity contribution in [1.29, 1.82) is 0 Å². The summed E-state index contributed by atoms with van der Waals surface area (Å²) in [7, 11) is 3.29. The number of nitrogens with zero attached hydrogens (tertiary/aromatic N) is 1. The highest BCUT2D eigenvalue weighted by molar-refractivity contribution is 14.0. The summed E-state index contributed by atoms with van der Waals surface area (Å²) in [4.78, 5) is 4.74. The van der Waals surface area contributed by atoms with Crippen LogP contribution in [0.5, 0.6) is 11.5 Å².